The van der Waals surface area contributed by atoms with Crippen LogP contribution in [0.4, 0.5) is 11.4 Å². The number of fused-ring (bicyclic) bond motifs is 17. The number of anilines is 2. The van der Waals surface area contributed by atoms with Gasteiger partial charge >= 0.3 is 6.85 Å². The van der Waals surface area contributed by atoms with E-state index in [4.69, 9.17) is 4.98 Å². The van der Waals surface area contributed by atoms with Crippen molar-refractivity contribution in [2.75, 3.05) is 4.81 Å². The van der Waals surface area contributed by atoms with Gasteiger partial charge in [0, 0.05) is 64.5 Å². The molecule has 3 nitrogen and oxygen atoms in total. The van der Waals surface area contributed by atoms with E-state index in [1.165, 1.54) is 119 Å². The molecular formula is C60H48BN3S2. The lowest BCUT2D eigenvalue weighted by atomic mass is 9.43. The molecule has 318 valence electrons. The minimum absolute atomic E-state index is 0.0148. The summed E-state index contributed by atoms with van der Waals surface area (Å²) in [5.41, 5.74) is 21.9. The molecule has 5 heterocycles. The lowest BCUT2D eigenvalue weighted by molar-refractivity contribution is 0.590. The minimum Gasteiger partial charge on any atom is -0.376 e. The van der Waals surface area contributed by atoms with E-state index in [9.17, 15) is 0 Å². The molecule has 0 spiro atoms. The molecule has 0 amide bonds. The molecule has 11 aromatic rings. The quantitative estimate of drug-likeness (QED) is 0.161. The molecule has 0 unspecified atom stereocenters. The Morgan fingerprint density at radius 1 is 0.576 bits per heavy atom. The van der Waals surface area contributed by atoms with Gasteiger partial charge in [0.15, 0.2) is 0 Å². The van der Waals surface area contributed by atoms with Crippen molar-refractivity contribution in [2.24, 2.45) is 0 Å². The zero-order valence-corrected chi connectivity index (χ0v) is 40.2. The van der Waals surface area contributed by atoms with Crippen LogP contribution in [0.15, 0.2) is 146 Å². The Labute approximate surface area is 394 Å². The predicted molar refractivity (Wildman–Crippen MR) is 286 cm³/mol. The highest BCUT2D eigenvalue weighted by atomic mass is 32.1. The summed E-state index contributed by atoms with van der Waals surface area (Å²) in [4.78, 5) is 8.16. The molecule has 1 aliphatic carbocycles. The maximum Gasteiger partial charge on any atom is 0.333 e. The van der Waals surface area contributed by atoms with Crippen LogP contribution < -0.4 is 15.7 Å². The largest absolute Gasteiger partial charge is 0.376 e. The van der Waals surface area contributed by atoms with Gasteiger partial charge in [-0.15, -0.1) is 22.7 Å². The molecule has 0 radical (unpaired) electrons. The van der Waals surface area contributed by atoms with Gasteiger partial charge in [-0.2, -0.15) is 0 Å². The molecule has 0 saturated heterocycles. The second kappa shape index (κ2) is 12.9. The normalized spacial score (nSPS) is 14.7. The highest BCUT2D eigenvalue weighted by Gasteiger charge is 2.47. The van der Waals surface area contributed by atoms with Crippen molar-refractivity contribution in [3.8, 4) is 38.5 Å². The van der Waals surface area contributed by atoms with E-state index in [0.717, 1.165) is 16.1 Å². The Morgan fingerprint density at radius 3 is 2.09 bits per heavy atom. The van der Waals surface area contributed by atoms with Crippen molar-refractivity contribution in [2.45, 2.75) is 71.6 Å². The van der Waals surface area contributed by atoms with Crippen molar-refractivity contribution in [1.82, 2.24) is 9.55 Å². The van der Waals surface area contributed by atoms with Crippen molar-refractivity contribution >= 4 is 104 Å². The summed E-state index contributed by atoms with van der Waals surface area (Å²) in [5, 5.41) is 6.47. The van der Waals surface area contributed by atoms with Gasteiger partial charge in [0.25, 0.3) is 0 Å². The van der Waals surface area contributed by atoms with Gasteiger partial charge in [-0.3, -0.25) is 0 Å². The number of nitrogens with zero attached hydrogens (tertiary/aromatic N) is 3. The summed E-state index contributed by atoms with van der Waals surface area (Å²) < 4.78 is 6.57. The van der Waals surface area contributed by atoms with Gasteiger partial charge in [-0.1, -0.05) is 146 Å². The fourth-order valence-electron chi connectivity index (χ4n) is 12.0. The Kier molecular flexibility index (Phi) is 7.58. The van der Waals surface area contributed by atoms with Crippen LogP contribution in [-0.4, -0.2) is 16.4 Å². The van der Waals surface area contributed by atoms with E-state index in [1.807, 2.05) is 11.3 Å². The van der Waals surface area contributed by atoms with Crippen LogP contribution in [0, 0.1) is 0 Å². The third-order valence-electron chi connectivity index (χ3n) is 15.3. The number of benzene rings is 8. The number of thiophene rings is 1. The second-order valence-electron chi connectivity index (χ2n) is 21.6. The SMILES string of the molecule is CC(C)(C)c1ccc(N2B3c4cc5nc(-c6ccccc6)sc5cc4-n4c5ccc(C(C)(C)C)cc5c5c6sc7ccccc7c6c(c3c54)-c3cc4c(cc32)-c2ccccc2C4(C)C)cc1. The molecule has 3 aliphatic rings. The first-order valence-electron chi connectivity index (χ1n) is 23.4. The summed E-state index contributed by atoms with van der Waals surface area (Å²) in [6.07, 6.45) is 0. The molecule has 14 rings (SSSR count). The molecule has 0 N–H and O–H groups in total. The van der Waals surface area contributed by atoms with Crippen molar-refractivity contribution in [3.63, 3.8) is 0 Å². The number of hydrogen-bond donors (Lipinski definition) is 0. The van der Waals surface area contributed by atoms with Gasteiger partial charge in [0.05, 0.1) is 21.3 Å². The first-order chi connectivity index (χ1) is 31.8. The van der Waals surface area contributed by atoms with Crippen LogP contribution in [0.25, 0.3) is 90.7 Å². The minimum atomic E-state index is -0.161. The summed E-state index contributed by atoms with van der Waals surface area (Å²) in [6.45, 7) is 18.7. The topological polar surface area (TPSA) is 21.1 Å². The van der Waals surface area contributed by atoms with E-state index in [0.29, 0.717) is 0 Å². The maximum atomic E-state index is 5.44. The van der Waals surface area contributed by atoms with Crippen LogP contribution >= 0.6 is 22.7 Å². The number of hydrogen-bond acceptors (Lipinski definition) is 4. The zero-order chi connectivity index (χ0) is 44.8. The lowest BCUT2D eigenvalue weighted by Crippen LogP contribution is -2.60. The Hall–Kier alpha value is -6.47. The Balaban J connectivity index is 1.21. The summed E-state index contributed by atoms with van der Waals surface area (Å²) in [5.74, 6) is 0. The molecule has 0 bridgehead atoms. The number of aromatic nitrogens is 2. The van der Waals surface area contributed by atoms with Gasteiger partial charge in [-0.05, 0) is 115 Å². The van der Waals surface area contributed by atoms with Crippen molar-refractivity contribution < 1.29 is 0 Å². The highest BCUT2D eigenvalue weighted by molar-refractivity contribution is 7.27. The second-order valence-corrected chi connectivity index (χ2v) is 23.6. The third-order valence-corrected chi connectivity index (χ3v) is 17.6. The molecule has 0 fully saturated rings. The number of rotatable bonds is 2. The van der Waals surface area contributed by atoms with Gasteiger partial charge < -0.3 is 9.38 Å². The standard InChI is InChI=1S/C60H48BN3S2/c1-58(2,3)34-22-25-36(26-23-34)64-47-30-39-37-18-12-14-20-42(37)60(7,8)43(39)29-41(47)51-52-38-19-13-15-21-49(38)65-56(52)53-40-28-35(59(4,5)6)24-27-46(40)63-48-32-50-45(31-44(48)61(64)54(51)55(53)63)62-57(66-50)33-16-10-9-11-17-33/h9-32H,1-8H3. The predicted octanol–water partition coefficient (Wildman–Crippen LogP) is 15.6. The first-order valence-corrected chi connectivity index (χ1v) is 25.0. The van der Waals surface area contributed by atoms with Crippen LogP contribution in [0.1, 0.15) is 77.6 Å². The zero-order valence-electron chi connectivity index (χ0n) is 38.6. The van der Waals surface area contributed by atoms with E-state index in [-0.39, 0.29) is 23.1 Å². The van der Waals surface area contributed by atoms with Crippen LogP contribution in [-0.2, 0) is 16.2 Å². The molecule has 66 heavy (non-hydrogen) atoms. The monoisotopic (exact) mass is 885 g/mol. The Morgan fingerprint density at radius 2 is 1.30 bits per heavy atom. The number of thiazole rings is 1. The lowest BCUT2D eigenvalue weighted by Gasteiger charge is -2.43. The third kappa shape index (κ3) is 5.07. The average molecular weight is 886 g/mol. The smallest absolute Gasteiger partial charge is 0.333 e. The van der Waals surface area contributed by atoms with E-state index < -0.39 is 0 Å². The molecular weight excluding hydrogens is 838 g/mol. The summed E-state index contributed by atoms with van der Waals surface area (Å²) in [7, 11) is 0. The first kappa shape index (κ1) is 38.8. The molecule has 3 aromatic heterocycles. The molecule has 8 aromatic carbocycles. The van der Waals surface area contributed by atoms with E-state index >= 15 is 0 Å². The van der Waals surface area contributed by atoms with Crippen molar-refractivity contribution in [3.05, 3.63) is 168 Å². The highest BCUT2D eigenvalue weighted by Crippen LogP contribution is 2.57. The van der Waals surface area contributed by atoms with Crippen molar-refractivity contribution in [1.29, 1.82) is 0 Å². The fraction of sp³-hybridized carbons (Fsp3) is 0.183. The van der Waals surface area contributed by atoms with E-state index in [1.54, 1.807) is 11.3 Å². The van der Waals surface area contributed by atoms with Crippen LogP contribution in [0.2, 0.25) is 0 Å². The van der Waals surface area contributed by atoms with Crippen LogP contribution in [0.3, 0.4) is 0 Å². The maximum absolute atomic E-state index is 5.44. The van der Waals surface area contributed by atoms with Gasteiger partial charge in [0.2, 0.25) is 0 Å². The molecule has 0 atom stereocenters. The summed E-state index contributed by atoms with van der Waals surface area (Å²) >= 11 is 3.77. The molecule has 0 saturated carbocycles. The average Bonchev–Trinajstić information content (AvgIpc) is 4.06. The van der Waals surface area contributed by atoms with Gasteiger partial charge in [0.1, 0.15) is 5.01 Å². The molecule has 2 aliphatic heterocycles. The Bertz CT molecular complexity index is 3930. The summed E-state index contributed by atoms with van der Waals surface area (Å²) in [6, 6.07) is 55.9. The van der Waals surface area contributed by atoms with Crippen LogP contribution in [0.5, 0.6) is 0 Å². The molecule has 6 heteroatoms. The fourth-order valence-corrected chi connectivity index (χ4v) is 14.2. The van der Waals surface area contributed by atoms with E-state index in [2.05, 4.69) is 210 Å². The van der Waals surface area contributed by atoms with Gasteiger partial charge in [-0.25, -0.2) is 4.98 Å².